The molecule has 4 rings (SSSR count). The van der Waals surface area contributed by atoms with Crippen LogP contribution in [0.3, 0.4) is 0 Å². The first-order valence-electron chi connectivity index (χ1n) is 14.0. The summed E-state index contributed by atoms with van der Waals surface area (Å²) in [6, 6.07) is 0. The van der Waals surface area contributed by atoms with Gasteiger partial charge in [0.25, 0.3) is 0 Å². The van der Waals surface area contributed by atoms with Gasteiger partial charge in [0.2, 0.25) is 0 Å². The lowest BCUT2D eigenvalue weighted by Crippen LogP contribution is -2.67. The summed E-state index contributed by atoms with van der Waals surface area (Å²) in [5.41, 5.74) is -2.50. The largest absolute Gasteiger partial charge is 0.460 e. The van der Waals surface area contributed by atoms with E-state index >= 15 is 4.39 Å². The fourth-order valence-electron chi connectivity index (χ4n) is 9.59. The van der Waals surface area contributed by atoms with Crippen molar-refractivity contribution in [2.24, 2.45) is 40.4 Å². The summed E-state index contributed by atoms with van der Waals surface area (Å²) >= 11 is 0. The van der Waals surface area contributed by atoms with Crippen LogP contribution in [0.4, 0.5) is 4.39 Å². The molecule has 0 aromatic rings. The Morgan fingerprint density at radius 2 is 1.79 bits per heavy atom. The fraction of sp³-hybridized carbons (Fsp3) is 0.966. The highest BCUT2D eigenvalue weighted by molar-refractivity contribution is 5.66. The first-order valence-corrected chi connectivity index (χ1v) is 14.0. The van der Waals surface area contributed by atoms with Crippen molar-refractivity contribution in [3.05, 3.63) is 0 Å². The maximum Gasteiger partial charge on any atom is 0.302 e. The van der Waals surface area contributed by atoms with Crippen LogP contribution in [-0.2, 0) is 9.53 Å². The van der Waals surface area contributed by atoms with E-state index in [2.05, 4.69) is 20.8 Å². The van der Waals surface area contributed by atoms with Crippen LogP contribution >= 0.6 is 0 Å². The van der Waals surface area contributed by atoms with E-state index < -0.39 is 34.9 Å². The number of hydrogen-bond donors (Lipinski definition) is 2. The number of ether oxygens (including phenoxy) is 1. The minimum Gasteiger partial charge on any atom is -0.460 e. The molecule has 0 aromatic carbocycles. The van der Waals surface area contributed by atoms with E-state index in [1.807, 2.05) is 13.8 Å². The Bertz CT molecular complexity index is 764. The smallest absolute Gasteiger partial charge is 0.302 e. The molecule has 196 valence electrons. The zero-order valence-corrected chi connectivity index (χ0v) is 22.4. The number of alkyl halides is 1. The highest BCUT2D eigenvalue weighted by Gasteiger charge is 2.68. The minimum atomic E-state index is -1.68. The molecule has 4 aliphatic carbocycles. The predicted octanol–water partition coefficient (Wildman–Crippen LogP) is 6.22. The van der Waals surface area contributed by atoms with Gasteiger partial charge in [-0.2, -0.15) is 0 Å². The molecular formula is C29H49FO4. The fourth-order valence-corrected chi connectivity index (χ4v) is 9.59. The highest BCUT2D eigenvalue weighted by Crippen LogP contribution is 2.70. The molecule has 10 atom stereocenters. The molecular weight excluding hydrogens is 431 g/mol. The van der Waals surface area contributed by atoms with E-state index in [-0.39, 0.29) is 0 Å². The van der Waals surface area contributed by atoms with Crippen molar-refractivity contribution in [1.82, 2.24) is 0 Å². The van der Waals surface area contributed by atoms with Crippen molar-refractivity contribution in [1.29, 1.82) is 0 Å². The minimum absolute atomic E-state index is 0.293. The van der Waals surface area contributed by atoms with Gasteiger partial charge in [-0.1, -0.05) is 33.6 Å². The van der Waals surface area contributed by atoms with Crippen molar-refractivity contribution in [3.8, 4) is 0 Å². The molecule has 0 aromatic heterocycles. The Morgan fingerprint density at radius 1 is 1.09 bits per heavy atom. The monoisotopic (exact) mass is 480 g/mol. The summed E-state index contributed by atoms with van der Waals surface area (Å²) < 4.78 is 22.0. The van der Waals surface area contributed by atoms with Gasteiger partial charge in [-0.15, -0.1) is 0 Å². The van der Waals surface area contributed by atoms with Crippen LogP contribution in [0.5, 0.6) is 0 Å². The maximum atomic E-state index is 16.7. The predicted molar refractivity (Wildman–Crippen MR) is 132 cm³/mol. The van der Waals surface area contributed by atoms with Gasteiger partial charge in [-0.25, -0.2) is 4.39 Å². The second kappa shape index (κ2) is 9.01. The third kappa shape index (κ3) is 4.25. The maximum absolute atomic E-state index is 16.7. The Balaban J connectivity index is 1.49. The number of aliphatic hydroxyl groups excluding tert-OH is 1. The van der Waals surface area contributed by atoms with Gasteiger partial charge in [0, 0.05) is 12.3 Å². The molecule has 0 radical (unpaired) electrons. The van der Waals surface area contributed by atoms with Crippen LogP contribution in [0.25, 0.3) is 0 Å². The summed E-state index contributed by atoms with van der Waals surface area (Å²) in [7, 11) is 0. The third-order valence-corrected chi connectivity index (χ3v) is 11.3. The average molecular weight is 481 g/mol. The second-order valence-corrected chi connectivity index (χ2v) is 13.7. The van der Waals surface area contributed by atoms with Gasteiger partial charge in [-0.05, 0) is 107 Å². The Hall–Kier alpha value is -0.680. The van der Waals surface area contributed by atoms with Crippen molar-refractivity contribution >= 4 is 5.97 Å². The molecule has 34 heavy (non-hydrogen) atoms. The van der Waals surface area contributed by atoms with Gasteiger partial charge in [0.05, 0.1) is 5.60 Å². The van der Waals surface area contributed by atoms with E-state index in [1.165, 1.54) is 26.2 Å². The standard InChI is InChI=1S/C29H49FO4/c1-18(8-7-14-26(3,4)33)21-9-10-22-20-11-17-29(30)25(32)24(34-19(2)31)13-16-28(29,6)23(20)12-15-27(21,22)5/h18,20-25,32-33H,7-17H2,1-6H3/t18-,20+,21-,22+,23+,24+,25?,27-,28-,29?/m1/s1. The van der Waals surface area contributed by atoms with Crippen LogP contribution in [0, 0.1) is 40.4 Å². The summed E-state index contributed by atoms with van der Waals surface area (Å²) in [5, 5.41) is 21.2. The van der Waals surface area contributed by atoms with Crippen LogP contribution in [-0.4, -0.2) is 39.7 Å². The van der Waals surface area contributed by atoms with E-state index in [1.54, 1.807) is 0 Å². The van der Waals surface area contributed by atoms with Crippen molar-refractivity contribution in [3.63, 3.8) is 0 Å². The first-order chi connectivity index (χ1) is 15.7. The third-order valence-electron chi connectivity index (χ3n) is 11.3. The number of carbonyl (C=O) groups excluding carboxylic acids is 1. The quantitative estimate of drug-likeness (QED) is 0.443. The number of aliphatic hydroxyl groups is 2. The number of fused-ring (bicyclic) bond motifs is 5. The normalized spacial score (nSPS) is 47.3. The van der Waals surface area contributed by atoms with Gasteiger partial charge < -0.3 is 14.9 Å². The Labute approximate surface area is 206 Å². The number of rotatable bonds is 6. The molecule has 0 saturated heterocycles. The molecule has 4 aliphatic rings. The lowest BCUT2D eigenvalue weighted by atomic mass is 9.43. The first kappa shape index (κ1) is 26.4. The SMILES string of the molecule is CC(=O)O[C@H]1CC[C@]2(C)[C@H]3CC[C@]4(C)[C@@H]([C@H](C)CCCC(C)(C)O)CC[C@H]4[C@@H]3CCC2(F)C1O. The van der Waals surface area contributed by atoms with E-state index in [0.29, 0.717) is 54.3 Å². The highest BCUT2D eigenvalue weighted by atomic mass is 19.1. The summed E-state index contributed by atoms with van der Waals surface area (Å²) in [5.74, 6) is 2.37. The molecule has 2 unspecified atom stereocenters. The van der Waals surface area contributed by atoms with Gasteiger partial charge in [0.1, 0.15) is 17.9 Å². The van der Waals surface area contributed by atoms with Gasteiger partial charge >= 0.3 is 5.97 Å². The van der Waals surface area contributed by atoms with Gasteiger partial charge in [0.15, 0.2) is 0 Å². The second-order valence-electron chi connectivity index (χ2n) is 13.7. The molecule has 0 amide bonds. The van der Waals surface area contributed by atoms with E-state index in [0.717, 1.165) is 32.1 Å². The Kier molecular flexibility index (Phi) is 6.99. The Morgan fingerprint density at radius 3 is 2.44 bits per heavy atom. The number of hydrogen-bond acceptors (Lipinski definition) is 4. The zero-order chi connectivity index (χ0) is 25.1. The summed E-state index contributed by atoms with van der Waals surface area (Å²) in [4.78, 5) is 11.5. The molecule has 0 bridgehead atoms. The zero-order valence-electron chi connectivity index (χ0n) is 22.4. The molecule has 4 saturated carbocycles. The van der Waals surface area contributed by atoms with Crippen LogP contribution in [0.1, 0.15) is 112 Å². The van der Waals surface area contributed by atoms with Crippen molar-refractivity contribution in [2.45, 2.75) is 136 Å². The molecule has 0 spiro atoms. The van der Waals surface area contributed by atoms with Crippen molar-refractivity contribution < 1.29 is 24.1 Å². The van der Waals surface area contributed by atoms with Crippen LogP contribution < -0.4 is 0 Å². The number of esters is 1. The average Bonchev–Trinajstić information content (AvgIpc) is 3.08. The molecule has 5 heteroatoms. The number of carbonyl (C=O) groups is 1. The summed E-state index contributed by atoms with van der Waals surface area (Å²) in [6.07, 6.45) is 8.27. The lowest BCUT2D eigenvalue weighted by Gasteiger charge is -2.64. The molecule has 0 heterocycles. The molecule has 0 aliphatic heterocycles. The van der Waals surface area contributed by atoms with Crippen molar-refractivity contribution in [2.75, 3.05) is 0 Å². The molecule has 4 nitrogen and oxygen atoms in total. The molecule has 2 N–H and O–H groups in total. The number of halogens is 1. The van der Waals surface area contributed by atoms with Gasteiger partial charge in [-0.3, -0.25) is 4.79 Å². The lowest BCUT2D eigenvalue weighted by molar-refractivity contribution is -0.240. The topological polar surface area (TPSA) is 66.8 Å². The van der Waals surface area contributed by atoms with E-state index in [4.69, 9.17) is 4.74 Å². The molecule has 4 fully saturated rings. The van der Waals surface area contributed by atoms with Crippen LogP contribution in [0.2, 0.25) is 0 Å². The van der Waals surface area contributed by atoms with Crippen LogP contribution in [0.15, 0.2) is 0 Å². The van der Waals surface area contributed by atoms with E-state index in [9.17, 15) is 15.0 Å². The summed E-state index contributed by atoms with van der Waals surface area (Å²) in [6.45, 7) is 12.2.